The number of benzene rings is 1. The van der Waals surface area contributed by atoms with E-state index in [1.54, 1.807) is 12.1 Å². The van der Waals surface area contributed by atoms with Crippen LogP contribution in [0.15, 0.2) is 24.3 Å². The Balaban J connectivity index is 1.95. The molecule has 1 heterocycles. The zero-order valence-corrected chi connectivity index (χ0v) is 12.2. The van der Waals surface area contributed by atoms with Gasteiger partial charge in [-0.2, -0.15) is 8.78 Å². The summed E-state index contributed by atoms with van der Waals surface area (Å²) in [5.41, 5.74) is 5.85. The topological polar surface area (TPSA) is 73.6 Å². The predicted octanol–water partition coefficient (Wildman–Crippen LogP) is 1.66. The Labute approximate surface area is 127 Å². The molecule has 122 valence electrons. The van der Waals surface area contributed by atoms with E-state index in [1.807, 2.05) is 0 Å². The van der Waals surface area contributed by atoms with E-state index in [4.69, 9.17) is 10.5 Å². The zero-order valence-electron chi connectivity index (χ0n) is 12.2. The molecule has 1 aromatic carbocycles. The second-order valence-electron chi connectivity index (χ2n) is 5.31. The third kappa shape index (κ3) is 4.14. The molecule has 1 aliphatic heterocycles. The number of nitrogens with two attached hydrogens (primary N) is 1. The molecule has 5 nitrogen and oxygen atoms in total. The third-order valence-electron chi connectivity index (χ3n) is 3.90. The third-order valence-corrected chi connectivity index (χ3v) is 3.90. The highest BCUT2D eigenvalue weighted by Gasteiger charge is 2.38. The molecule has 3 N–H and O–H groups in total. The lowest BCUT2D eigenvalue weighted by atomic mass is 9.79. The minimum absolute atomic E-state index is 0.0707. The maximum Gasteiger partial charge on any atom is 0.387 e. The van der Waals surface area contributed by atoms with E-state index in [0.29, 0.717) is 31.6 Å². The fraction of sp³-hybridized carbons (Fsp3) is 0.533. The summed E-state index contributed by atoms with van der Waals surface area (Å²) >= 11 is 0. The van der Waals surface area contributed by atoms with Crippen LogP contribution in [-0.2, 0) is 16.1 Å². The Morgan fingerprint density at radius 2 is 2.14 bits per heavy atom. The largest absolute Gasteiger partial charge is 0.435 e. The first-order chi connectivity index (χ1) is 10.6. The molecule has 7 heteroatoms. The van der Waals surface area contributed by atoms with Gasteiger partial charge in [-0.15, -0.1) is 0 Å². The standard InChI is InChI=1S/C15H20F2N2O3/c16-14(17)22-12-3-1-2-11(8-12)9-19-13(20)15(10-18)4-6-21-7-5-15/h1-3,8,14H,4-7,9-10,18H2,(H,19,20). The number of hydrogen-bond donors (Lipinski definition) is 2. The van der Waals surface area contributed by atoms with Crippen molar-refractivity contribution in [2.75, 3.05) is 19.8 Å². The number of carbonyl (C=O) groups excluding carboxylic acids is 1. The Hall–Kier alpha value is -1.73. The minimum atomic E-state index is -2.87. The van der Waals surface area contributed by atoms with Gasteiger partial charge in [-0.05, 0) is 30.5 Å². The lowest BCUT2D eigenvalue weighted by molar-refractivity contribution is -0.136. The number of amides is 1. The molecule has 0 aromatic heterocycles. The average molecular weight is 314 g/mol. The summed E-state index contributed by atoms with van der Waals surface area (Å²) in [6.45, 7) is -1.34. The predicted molar refractivity (Wildman–Crippen MR) is 76.5 cm³/mol. The van der Waals surface area contributed by atoms with Crippen LogP contribution in [0.4, 0.5) is 8.78 Å². The molecule has 1 aromatic rings. The fourth-order valence-corrected chi connectivity index (χ4v) is 2.49. The van der Waals surface area contributed by atoms with Gasteiger partial charge >= 0.3 is 6.61 Å². The number of carbonyl (C=O) groups is 1. The highest BCUT2D eigenvalue weighted by Crippen LogP contribution is 2.29. The van der Waals surface area contributed by atoms with E-state index >= 15 is 0 Å². The van der Waals surface area contributed by atoms with Crippen LogP contribution < -0.4 is 15.8 Å². The smallest absolute Gasteiger partial charge is 0.387 e. The molecule has 0 saturated carbocycles. The number of halogens is 2. The van der Waals surface area contributed by atoms with Gasteiger partial charge in [0.2, 0.25) is 5.91 Å². The summed E-state index contributed by atoms with van der Waals surface area (Å²) in [7, 11) is 0. The molecule has 0 bridgehead atoms. The fourth-order valence-electron chi connectivity index (χ4n) is 2.49. The second kappa shape index (κ2) is 7.51. The number of rotatable bonds is 6. The molecule has 1 amide bonds. The molecule has 1 aliphatic rings. The summed E-state index contributed by atoms with van der Waals surface area (Å²) in [5, 5.41) is 2.82. The van der Waals surface area contributed by atoms with E-state index < -0.39 is 12.0 Å². The Bertz CT molecular complexity index is 505. The molecule has 22 heavy (non-hydrogen) atoms. The van der Waals surface area contributed by atoms with E-state index in [-0.39, 0.29) is 24.7 Å². The SMILES string of the molecule is NCC1(C(=O)NCc2cccc(OC(F)F)c2)CCOCC1. The van der Waals surface area contributed by atoms with Crippen LogP contribution in [0.5, 0.6) is 5.75 Å². The van der Waals surface area contributed by atoms with Crippen molar-refractivity contribution in [3.63, 3.8) is 0 Å². The first-order valence-electron chi connectivity index (χ1n) is 7.16. The Morgan fingerprint density at radius 3 is 2.77 bits per heavy atom. The van der Waals surface area contributed by atoms with Crippen molar-refractivity contribution in [1.29, 1.82) is 0 Å². The van der Waals surface area contributed by atoms with Gasteiger partial charge in [0.25, 0.3) is 0 Å². The van der Waals surface area contributed by atoms with E-state index in [1.165, 1.54) is 12.1 Å². The molecule has 2 rings (SSSR count). The molecule has 0 aliphatic carbocycles. The second-order valence-corrected chi connectivity index (χ2v) is 5.31. The van der Waals surface area contributed by atoms with Gasteiger partial charge in [-0.1, -0.05) is 12.1 Å². The average Bonchev–Trinajstić information content (AvgIpc) is 2.53. The van der Waals surface area contributed by atoms with Crippen molar-refractivity contribution >= 4 is 5.91 Å². The van der Waals surface area contributed by atoms with Crippen molar-refractivity contribution in [3.8, 4) is 5.75 Å². The van der Waals surface area contributed by atoms with Crippen LogP contribution in [0, 0.1) is 5.41 Å². The van der Waals surface area contributed by atoms with Crippen molar-refractivity contribution in [3.05, 3.63) is 29.8 Å². The van der Waals surface area contributed by atoms with Gasteiger partial charge in [-0.25, -0.2) is 0 Å². The molecule has 0 atom stereocenters. The summed E-state index contributed by atoms with van der Waals surface area (Å²) in [4.78, 5) is 12.4. The van der Waals surface area contributed by atoms with Gasteiger partial charge in [-0.3, -0.25) is 4.79 Å². The first kappa shape index (κ1) is 16.6. The van der Waals surface area contributed by atoms with E-state index in [0.717, 1.165) is 0 Å². The monoisotopic (exact) mass is 314 g/mol. The van der Waals surface area contributed by atoms with Crippen LogP contribution in [0.2, 0.25) is 0 Å². The number of alkyl halides is 2. The first-order valence-corrected chi connectivity index (χ1v) is 7.16. The molecule has 0 radical (unpaired) electrons. The quantitative estimate of drug-likeness (QED) is 0.837. The molecule has 0 unspecified atom stereocenters. The number of hydrogen-bond acceptors (Lipinski definition) is 4. The van der Waals surface area contributed by atoms with Crippen LogP contribution in [0.3, 0.4) is 0 Å². The van der Waals surface area contributed by atoms with Crippen LogP contribution in [0.1, 0.15) is 18.4 Å². The molecular formula is C15H20F2N2O3. The van der Waals surface area contributed by atoms with E-state index in [2.05, 4.69) is 10.1 Å². The highest BCUT2D eigenvalue weighted by molar-refractivity contribution is 5.83. The number of nitrogens with one attached hydrogen (secondary N) is 1. The normalized spacial score (nSPS) is 17.3. The maximum atomic E-state index is 12.4. The van der Waals surface area contributed by atoms with Crippen molar-refractivity contribution in [2.45, 2.75) is 26.0 Å². The lowest BCUT2D eigenvalue weighted by Crippen LogP contribution is -2.48. The lowest BCUT2D eigenvalue weighted by Gasteiger charge is -2.34. The van der Waals surface area contributed by atoms with Gasteiger partial charge in [0, 0.05) is 26.3 Å². The highest BCUT2D eigenvalue weighted by atomic mass is 19.3. The van der Waals surface area contributed by atoms with Crippen molar-refractivity contribution < 1.29 is 23.0 Å². The summed E-state index contributed by atoms with van der Waals surface area (Å²) in [6, 6.07) is 6.26. The van der Waals surface area contributed by atoms with Gasteiger partial charge in [0.15, 0.2) is 0 Å². The van der Waals surface area contributed by atoms with Crippen LogP contribution in [-0.4, -0.2) is 32.3 Å². The van der Waals surface area contributed by atoms with Crippen molar-refractivity contribution in [2.24, 2.45) is 11.1 Å². The Morgan fingerprint density at radius 1 is 1.41 bits per heavy atom. The maximum absolute atomic E-state index is 12.4. The summed E-state index contributed by atoms with van der Waals surface area (Å²) in [6.07, 6.45) is 1.17. The van der Waals surface area contributed by atoms with Gasteiger partial charge in [0.05, 0.1) is 5.41 Å². The minimum Gasteiger partial charge on any atom is -0.435 e. The number of ether oxygens (including phenoxy) is 2. The molecule has 0 spiro atoms. The zero-order chi connectivity index (χ0) is 16.0. The Kier molecular flexibility index (Phi) is 5.68. The summed E-state index contributed by atoms with van der Waals surface area (Å²) < 4.78 is 34.0. The van der Waals surface area contributed by atoms with Gasteiger partial charge in [0.1, 0.15) is 5.75 Å². The van der Waals surface area contributed by atoms with E-state index in [9.17, 15) is 13.6 Å². The van der Waals surface area contributed by atoms with Crippen molar-refractivity contribution in [1.82, 2.24) is 5.32 Å². The van der Waals surface area contributed by atoms with Crippen LogP contribution >= 0.6 is 0 Å². The van der Waals surface area contributed by atoms with Gasteiger partial charge < -0.3 is 20.5 Å². The van der Waals surface area contributed by atoms with Crippen LogP contribution in [0.25, 0.3) is 0 Å². The molecule has 1 fully saturated rings. The molecule has 1 saturated heterocycles. The summed E-state index contributed by atoms with van der Waals surface area (Å²) in [5.74, 6) is -0.0557. The molecular weight excluding hydrogens is 294 g/mol.